The first-order valence-electron chi connectivity index (χ1n) is 5.33. The van der Waals surface area contributed by atoms with Gasteiger partial charge >= 0.3 is 0 Å². The molecule has 0 amide bonds. The lowest BCUT2D eigenvalue weighted by atomic mass is 10.3. The van der Waals surface area contributed by atoms with E-state index >= 15 is 0 Å². The molecule has 1 aliphatic carbocycles. The van der Waals surface area contributed by atoms with Crippen molar-refractivity contribution in [1.29, 1.82) is 0 Å². The van der Waals surface area contributed by atoms with Crippen LogP contribution in [-0.4, -0.2) is 31.1 Å². The molecule has 1 fully saturated rings. The Morgan fingerprint density at radius 2 is 1.94 bits per heavy atom. The molecule has 0 bridgehead atoms. The summed E-state index contributed by atoms with van der Waals surface area (Å²) in [5.41, 5.74) is 1.10. The van der Waals surface area contributed by atoms with Gasteiger partial charge in [0.25, 0.3) is 0 Å². The van der Waals surface area contributed by atoms with E-state index in [-0.39, 0.29) is 0 Å². The van der Waals surface area contributed by atoms with Gasteiger partial charge in [-0.2, -0.15) is 0 Å². The predicted octanol–water partition coefficient (Wildman–Crippen LogP) is 3.26. The van der Waals surface area contributed by atoms with Crippen LogP contribution in [0.2, 0.25) is 10.0 Å². The highest BCUT2D eigenvalue weighted by Crippen LogP contribution is 2.33. The van der Waals surface area contributed by atoms with Crippen molar-refractivity contribution in [2.24, 2.45) is 0 Å². The third kappa shape index (κ3) is 2.69. The Bertz CT molecular complexity index is 421. The third-order valence-electron chi connectivity index (χ3n) is 2.50. The average molecular weight is 258 g/mol. The van der Waals surface area contributed by atoms with E-state index in [1.807, 2.05) is 36.9 Å². The van der Waals surface area contributed by atoms with E-state index in [0.717, 1.165) is 5.69 Å². The molecule has 0 N–H and O–H groups in total. The van der Waals surface area contributed by atoms with Gasteiger partial charge in [0.15, 0.2) is 0 Å². The van der Waals surface area contributed by atoms with Gasteiger partial charge in [0, 0.05) is 6.07 Å². The summed E-state index contributed by atoms with van der Waals surface area (Å²) in [4.78, 5) is 2.25. The van der Waals surface area contributed by atoms with Crippen molar-refractivity contribution < 1.29 is 4.58 Å². The van der Waals surface area contributed by atoms with Gasteiger partial charge in [0.1, 0.15) is 11.7 Å². The van der Waals surface area contributed by atoms with Gasteiger partial charge in [-0.3, -0.25) is 4.58 Å². The first-order valence-corrected chi connectivity index (χ1v) is 6.08. The molecule has 0 aliphatic heterocycles. The maximum Gasteiger partial charge on any atom is 0.239 e. The largest absolute Gasteiger partial charge is 0.273 e. The highest BCUT2D eigenvalue weighted by atomic mass is 35.5. The Kier molecular flexibility index (Phi) is 3.41. The topological polar surface area (TPSA) is 6.25 Å². The first-order chi connectivity index (χ1) is 7.58. The molecule has 4 heteroatoms. The van der Waals surface area contributed by atoms with E-state index < -0.39 is 0 Å². The molecule has 1 aliphatic rings. The molecule has 0 atom stereocenters. The highest BCUT2D eigenvalue weighted by molar-refractivity contribution is 6.42. The van der Waals surface area contributed by atoms with Crippen molar-refractivity contribution in [3.8, 4) is 0 Å². The summed E-state index contributed by atoms with van der Waals surface area (Å²) in [6.07, 6.45) is 4.58. The molecule has 0 saturated heterocycles. The molecule has 2 nitrogen and oxygen atoms in total. The average Bonchev–Trinajstić information content (AvgIpc) is 3.02. The molecular weight excluding hydrogens is 243 g/mol. The Morgan fingerprint density at radius 1 is 1.25 bits per heavy atom. The highest BCUT2D eigenvalue weighted by Gasteiger charge is 2.34. The number of rotatable bonds is 3. The Morgan fingerprint density at radius 3 is 2.44 bits per heavy atom. The first kappa shape index (κ1) is 11.7. The second-order valence-electron chi connectivity index (χ2n) is 4.32. The Labute approximate surface area is 106 Å². The molecule has 86 valence electrons. The summed E-state index contributed by atoms with van der Waals surface area (Å²) >= 11 is 11.9. The monoisotopic (exact) mass is 257 g/mol. The normalized spacial score (nSPS) is 14.8. The van der Waals surface area contributed by atoms with Crippen LogP contribution in [0.25, 0.3) is 0 Å². The lowest BCUT2D eigenvalue weighted by Gasteiger charge is -2.13. The van der Waals surface area contributed by atoms with E-state index in [1.165, 1.54) is 12.8 Å². The van der Waals surface area contributed by atoms with Gasteiger partial charge in [-0.25, -0.2) is 4.90 Å². The fourth-order valence-corrected chi connectivity index (χ4v) is 1.91. The van der Waals surface area contributed by atoms with E-state index in [0.29, 0.717) is 16.1 Å². The molecule has 0 aromatic heterocycles. The van der Waals surface area contributed by atoms with Crippen LogP contribution in [0, 0.1) is 0 Å². The molecule has 16 heavy (non-hydrogen) atoms. The maximum atomic E-state index is 6.03. The van der Waals surface area contributed by atoms with Crippen molar-refractivity contribution in [1.82, 2.24) is 0 Å². The summed E-state index contributed by atoms with van der Waals surface area (Å²) in [6.45, 7) is 0. The fourth-order valence-electron chi connectivity index (χ4n) is 1.62. The van der Waals surface area contributed by atoms with Gasteiger partial charge in [0.2, 0.25) is 6.34 Å². The van der Waals surface area contributed by atoms with Crippen molar-refractivity contribution in [3.63, 3.8) is 0 Å². The Hall–Kier alpha value is -0.730. The summed E-state index contributed by atoms with van der Waals surface area (Å²) in [5.74, 6) is 0. The zero-order valence-electron chi connectivity index (χ0n) is 9.45. The molecule has 1 aromatic rings. The standard InChI is InChI=1S/C12H15Cl2N2/c1-15(2)8-16(9-3-4-9)10-5-6-11(13)12(14)7-10/h5-9H,3-4H2,1-2H3/q+1. The number of halogens is 2. The second-order valence-corrected chi connectivity index (χ2v) is 5.13. The van der Waals surface area contributed by atoms with E-state index in [9.17, 15) is 0 Å². The molecule has 0 unspecified atom stereocenters. The van der Waals surface area contributed by atoms with Crippen LogP contribution in [0.15, 0.2) is 18.2 Å². The zero-order valence-corrected chi connectivity index (χ0v) is 11.0. The van der Waals surface area contributed by atoms with Crippen LogP contribution >= 0.6 is 23.2 Å². The molecule has 0 spiro atoms. The lowest BCUT2D eigenvalue weighted by Crippen LogP contribution is -2.27. The zero-order chi connectivity index (χ0) is 11.7. The van der Waals surface area contributed by atoms with E-state index in [2.05, 4.69) is 11.2 Å². The van der Waals surface area contributed by atoms with Crippen LogP contribution in [0.1, 0.15) is 12.8 Å². The van der Waals surface area contributed by atoms with E-state index in [1.54, 1.807) is 0 Å². The molecule has 0 radical (unpaired) electrons. The number of hydrogen-bond donors (Lipinski definition) is 0. The van der Waals surface area contributed by atoms with Gasteiger partial charge in [-0.1, -0.05) is 23.2 Å². The van der Waals surface area contributed by atoms with Crippen LogP contribution in [0.3, 0.4) is 0 Å². The van der Waals surface area contributed by atoms with Crippen LogP contribution in [-0.2, 0) is 0 Å². The van der Waals surface area contributed by atoms with Gasteiger partial charge < -0.3 is 0 Å². The lowest BCUT2D eigenvalue weighted by molar-refractivity contribution is -0.460. The predicted molar refractivity (Wildman–Crippen MR) is 70.1 cm³/mol. The number of nitrogens with zero attached hydrogens (tertiary/aromatic N) is 2. The number of hydrogen-bond acceptors (Lipinski definition) is 0. The summed E-state index contributed by atoms with van der Waals surface area (Å²) < 4.78 is 2.04. The summed E-state index contributed by atoms with van der Waals surface area (Å²) in [6, 6.07) is 6.38. The minimum atomic E-state index is 0.603. The molecule has 1 aromatic carbocycles. The van der Waals surface area contributed by atoms with Crippen molar-refractivity contribution in [2.75, 3.05) is 19.0 Å². The van der Waals surface area contributed by atoms with Gasteiger partial charge in [-0.15, -0.1) is 0 Å². The second kappa shape index (κ2) is 4.64. The van der Waals surface area contributed by atoms with Crippen LogP contribution in [0.4, 0.5) is 5.69 Å². The summed E-state index contributed by atoms with van der Waals surface area (Å²) in [5, 5.41) is 1.21. The Balaban J connectivity index is 2.31. The summed E-state index contributed by atoms with van der Waals surface area (Å²) in [7, 11) is 4.04. The molecule has 0 heterocycles. The van der Waals surface area contributed by atoms with Crippen molar-refractivity contribution in [2.45, 2.75) is 18.9 Å². The minimum absolute atomic E-state index is 0.603. The number of anilines is 1. The molecule has 1 saturated carbocycles. The SMILES string of the molecule is C[N+](C)=CN(c1ccc(Cl)c(Cl)c1)C1CC1. The van der Waals surface area contributed by atoms with Gasteiger partial charge in [-0.05, 0) is 25.0 Å². The fraction of sp³-hybridized carbons (Fsp3) is 0.417. The smallest absolute Gasteiger partial charge is 0.239 e. The number of benzene rings is 1. The minimum Gasteiger partial charge on any atom is -0.273 e. The molecule has 2 rings (SSSR count). The van der Waals surface area contributed by atoms with E-state index in [4.69, 9.17) is 23.2 Å². The van der Waals surface area contributed by atoms with Crippen molar-refractivity contribution >= 4 is 35.2 Å². The molecular formula is C12H15Cl2N2+. The maximum absolute atomic E-state index is 6.03. The quantitative estimate of drug-likeness (QED) is 0.458. The van der Waals surface area contributed by atoms with Crippen LogP contribution in [0.5, 0.6) is 0 Å². The van der Waals surface area contributed by atoms with Crippen molar-refractivity contribution in [3.05, 3.63) is 28.2 Å². The van der Waals surface area contributed by atoms with Gasteiger partial charge in [0.05, 0.1) is 24.1 Å². The van der Waals surface area contributed by atoms with Crippen LogP contribution < -0.4 is 4.90 Å². The third-order valence-corrected chi connectivity index (χ3v) is 3.24.